The fourth-order valence-electron chi connectivity index (χ4n) is 3.86. The average Bonchev–Trinajstić information content (AvgIpc) is 3.44. The Bertz CT molecular complexity index is 1200. The molecule has 0 aliphatic carbocycles. The molecule has 2 aromatic heterocycles. The van der Waals surface area contributed by atoms with E-state index in [-0.39, 0.29) is 17.8 Å². The molecule has 1 fully saturated rings. The van der Waals surface area contributed by atoms with E-state index in [1.54, 1.807) is 35.5 Å². The molecule has 6 heteroatoms. The van der Waals surface area contributed by atoms with Gasteiger partial charge in [-0.3, -0.25) is 9.78 Å². The topological polar surface area (TPSA) is 58.2 Å². The molecule has 0 saturated carbocycles. The summed E-state index contributed by atoms with van der Waals surface area (Å²) >= 11 is 0. The first kappa shape index (κ1) is 18.4. The van der Waals surface area contributed by atoms with Gasteiger partial charge in [0.1, 0.15) is 28.9 Å². The van der Waals surface area contributed by atoms with Crippen LogP contribution >= 0.6 is 0 Å². The summed E-state index contributed by atoms with van der Waals surface area (Å²) < 4.78 is 19.3. The third kappa shape index (κ3) is 3.52. The van der Waals surface area contributed by atoms with E-state index in [2.05, 4.69) is 9.97 Å². The van der Waals surface area contributed by atoms with Crippen LogP contribution in [0.3, 0.4) is 0 Å². The highest BCUT2D eigenvalue weighted by Crippen LogP contribution is 2.27. The summed E-state index contributed by atoms with van der Waals surface area (Å²) in [5.74, 6) is 0.395. The van der Waals surface area contributed by atoms with E-state index in [9.17, 15) is 9.18 Å². The van der Waals surface area contributed by atoms with Crippen molar-refractivity contribution in [1.29, 1.82) is 0 Å². The predicted octanol–water partition coefficient (Wildman–Crippen LogP) is 4.66. The molecule has 0 spiro atoms. The average molecular weight is 401 g/mol. The van der Waals surface area contributed by atoms with Crippen molar-refractivity contribution in [2.45, 2.75) is 12.5 Å². The van der Waals surface area contributed by atoms with E-state index >= 15 is 0 Å². The van der Waals surface area contributed by atoms with Crippen molar-refractivity contribution in [3.63, 3.8) is 0 Å². The number of benzene rings is 2. The van der Waals surface area contributed by atoms with Crippen molar-refractivity contribution in [2.75, 3.05) is 13.1 Å². The second-order valence-corrected chi connectivity index (χ2v) is 7.42. The van der Waals surface area contributed by atoms with Crippen molar-refractivity contribution in [3.05, 3.63) is 84.6 Å². The number of aromatic nitrogens is 2. The molecule has 4 aromatic rings. The van der Waals surface area contributed by atoms with Crippen LogP contribution in [0, 0.1) is 5.82 Å². The van der Waals surface area contributed by atoms with Gasteiger partial charge in [-0.2, -0.15) is 0 Å². The van der Waals surface area contributed by atoms with Crippen LogP contribution in [-0.2, 0) is 0 Å². The third-order valence-electron chi connectivity index (χ3n) is 5.41. The summed E-state index contributed by atoms with van der Waals surface area (Å²) in [6.45, 7) is 1.15. The molecule has 2 aromatic carbocycles. The second kappa shape index (κ2) is 7.63. The SMILES string of the molecule is O=C(c1cc(-c2ccc(F)cc2)c[nH]1)N1CC[C@@H](Oc2cccc3cccnc23)C1. The van der Waals surface area contributed by atoms with E-state index in [0.717, 1.165) is 34.2 Å². The Morgan fingerprint density at radius 1 is 1.10 bits per heavy atom. The number of halogens is 1. The van der Waals surface area contributed by atoms with Gasteiger partial charge in [-0.05, 0) is 41.5 Å². The van der Waals surface area contributed by atoms with Crippen molar-refractivity contribution < 1.29 is 13.9 Å². The van der Waals surface area contributed by atoms with Crippen LogP contribution in [0.1, 0.15) is 16.9 Å². The Hall–Kier alpha value is -3.67. The number of fused-ring (bicyclic) bond motifs is 1. The molecule has 1 aliphatic heterocycles. The van der Waals surface area contributed by atoms with Crippen molar-refractivity contribution in [3.8, 4) is 16.9 Å². The van der Waals surface area contributed by atoms with Crippen molar-refractivity contribution in [2.24, 2.45) is 0 Å². The Morgan fingerprint density at radius 2 is 1.93 bits per heavy atom. The molecule has 0 bridgehead atoms. The largest absolute Gasteiger partial charge is 0.486 e. The van der Waals surface area contributed by atoms with Crippen LogP contribution in [0.25, 0.3) is 22.0 Å². The van der Waals surface area contributed by atoms with Crippen LogP contribution in [0.4, 0.5) is 4.39 Å². The quantitative estimate of drug-likeness (QED) is 0.541. The first-order valence-electron chi connectivity index (χ1n) is 9.91. The third-order valence-corrected chi connectivity index (χ3v) is 5.41. The van der Waals surface area contributed by atoms with Gasteiger partial charge in [-0.15, -0.1) is 0 Å². The molecule has 0 unspecified atom stereocenters. The molecule has 5 nitrogen and oxygen atoms in total. The van der Waals surface area contributed by atoms with Crippen LogP contribution in [0.5, 0.6) is 5.75 Å². The summed E-state index contributed by atoms with van der Waals surface area (Å²) in [5.41, 5.74) is 3.06. The van der Waals surface area contributed by atoms with Gasteiger partial charge in [0.15, 0.2) is 0 Å². The van der Waals surface area contributed by atoms with Gasteiger partial charge < -0.3 is 14.6 Å². The monoisotopic (exact) mass is 401 g/mol. The number of carbonyl (C=O) groups is 1. The zero-order valence-corrected chi connectivity index (χ0v) is 16.2. The Balaban J connectivity index is 1.28. The molecule has 1 atom stereocenters. The number of aromatic amines is 1. The van der Waals surface area contributed by atoms with Gasteiger partial charge in [-0.1, -0.05) is 30.3 Å². The molecule has 1 amide bonds. The lowest BCUT2D eigenvalue weighted by Crippen LogP contribution is -2.31. The zero-order valence-electron chi connectivity index (χ0n) is 16.2. The van der Waals surface area contributed by atoms with Crippen molar-refractivity contribution in [1.82, 2.24) is 14.9 Å². The molecular formula is C24H20FN3O2. The van der Waals surface area contributed by atoms with Gasteiger partial charge in [0.25, 0.3) is 5.91 Å². The summed E-state index contributed by atoms with van der Waals surface area (Å²) in [7, 11) is 0. The molecule has 30 heavy (non-hydrogen) atoms. The molecule has 0 radical (unpaired) electrons. The summed E-state index contributed by atoms with van der Waals surface area (Å²) in [5, 5.41) is 1.03. The minimum atomic E-state index is -0.282. The standard InChI is InChI=1S/C24H20FN3O2/c25-19-8-6-16(7-9-19)18-13-21(27-14-18)24(29)28-12-10-20(15-28)30-22-5-1-3-17-4-2-11-26-23(17)22/h1-9,11,13-14,20,27H,10,12,15H2/t20-/m1/s1. The van der Waals surface area contributed by atoms with Crippen LogP contribution in [-0.4, -0.2) is 40.0 Å². The molecule has 150 valence electrons. The highest BCUT2D eigenvalue weighted by molar-refractivity contribution is 5.94. The Morgan fingerprint density at radius 3 is 2.80 bits per heavy atom. The molecule has 1 N–H and O–H groups in total. The van der Waals surface area contributed by atoms with Crippen LogP contribution in [0.2, 0.25) is 0 Å². The number of ether oxygens (including phenoxy) is 1. The molecule has 3 heterocycles. The lowest BCUT2D eigenvalue weighted by Gasteiger charge is -2.17. The van der Waals surface area contributed by atoms with E-state index in [1.807, 2.05) is 30.3 Å². The number of hydrogen-bond acceptors (Lipinski definition) is 3. The lowest BCUT2D eigenvalue weighted by molar-refractivity contribution is 0.0767. The van der Waals surface area contributed by atoms with Gasteiger partial charge in [0.05, 0.1) is 6.54 Å². The number of rotatable bonds is 4. The van der Waals surface area contributed by atoms with Gasteiger partial charge in [0.2, 0.25) is 0 Å². The van der Waals surface area contributed by atoms with Gasteiger partial charge in [0, 0.05) is 30.7 Å². The summed E-state index contributed by atoms with van der Waals surface area (Å²) in [6, 6.07) is 17.8. The normalized spacial score (nSPS) is 16.2. The number of hydrogen-bond donors (Lipinski definition) is 1. The number of para-hydroxylation sites is 1. The Kier molecular flexibility index (Phi) is 4.67. The molecule has 1 saturated heterocycles. The number of amides is 1. The maximum absolute atomic E-state index is 13.1. The number of pyridine rings is 1. The number of carbonyl (C=O) groups excluding carboxylic acids is 1. The van der Waals surface area contributed by atoms with Crippen molar-refractivity contribution >= 4 is 16.8 Å². The maximum Gasteiger partial charge on any atom is 0.270 e. The molecular weight excluding hydrogens is 381 g/mol. The van der Waals surface area contributed by atoms with Gasteiger partial charge >= 0.3 is 0 Å². The van der Waals surface area contributed by atoms with E-state index in [0.29, 0.717) is 18.8 Å². The Labute approximate surface area is 173 Å². The van der Waals surface area contributed by atoms with E-state index in [1.165, 1.54) is 12.1 Å². The van der Waals surface area contributed by atoms with Crippen LogP contribution in [0.15, 0.2) is 73.1 Å². The molecule has 5 rings (SSSR count). The number of nitrogens with zero attached hydrogens (tertiary/aromatic N) is 2. The maximum atomic E-state index is 13.1. The van der Waals surface area contributed by atoms with E-state index in [4.69, 9.17) is 4.74 Å². The fraction of sp³-hybridized carbons (Fsp3) is 0.167. The smallest absolute Gasteiger partial charge is 0.270 e. The van der Waals surface area contributed by atoms with Gasteiger partial charge in [-0.25, -0.2) is 4.39 Å². The second-order valence-electron chi connectivity index (χ2n) is 7.42. The fourth-order valence-corrected chi connectivity index (χ4v) is 3.86. The first-order valence-corrected chi connectivity index (χ1v) is 9.91. The number of likely N-dealkylation sites (tertiary alicyclic amines) is 1. The molecule has 1 aliphatic rings. The predicted molar refractivity (Wildman–Crippen MR) is 113 cm³/mol. The summed E-state index contributed by atoms with van der Waals surface area (Å²) in [4.78, 5) is 22.2. The lowest BCUT2D eigenvalue weighted by atomic mass is 10.1. The minimum Gasteiger partial charge on any atom is -0.486 e. The first-order chi connectivity index (χ1) is 14.7. The van der Waals surface area contributed by atoms with E-state index < -0.39 is 0 Å². The summed E-state index contributed by atoms with van der Waals surface area (Å²) in [6.07, 6.45) is 4.21. The number of nitrogens with one attached hydrogen (secondary N) is 1. The zero-order chi connectivity index (χ0) is 20.5. The minimum absolute atomic E-state index is 0.0643. The number of H-pyrrole nitrogens is 1. The highest BCUT2D eigenvalue weighted by atomic mass is 19.1. The highest BCUT2D eigenvalue weighted by Gasteiger charge is 2.29. The van der Waals surface area contributed by atoms with Crippen LogP contribution < -0.4 is 4.74 Å².